The number of nitrogens with two attached hydrogens (primary N) is 1. The van der Waals surface area contributed by atoms with Gasteiger partial charge in [-0.15, -0.1) is 0 Å². The average Bonchev–Trinajstić information content (AvgIpc) is 2.75. The summed E-state index contributed by atoms with van der Waals surface area (Å²) in [5.41, 5.74) is 9.15. The van der Waals surface area contributed by atoms with E-state index in [2.05, 4.69) is 15.0 Å². The summed E-state index contributed by atoms with van der Waals surface area (Å²) in [4.78, 5) is 11.6. The highest BCUT2D eigenvalue weighted by atomic mass is 14.9. The molecule has 0 atom stereocenters. The summed E-state index contributed by atoms with van der Waals surface area (Å²) in [6.07, 6.45) is 5.97. The van der Waals surface area contributed by atoms with Crippen molar-refractivity contribution in [3.05, 3.63) is 29.9 Å². The van der Waals surface area contributed by atoms with Crippen molar-refractivity contribution in [2.45, 2.75) is 20.8 Å². The van der Waals surface area contributed by atoms with Gasteiger partial charge >= 0.3 is 0 Å². The molecule has 0 spiro atoms. The molecule has 5 heteroatoms. The predicted molar refractivity (Wildman–Crippen MR) is 70.9 cm³/mol. The lowest BCUT2D eigenvalue weighted by Gasteiger charge is -1.99. The highest BCUT2D eigenvalue weighted by Crippen LogP contribution is 2.15. The summed E-state index contributed by atoms with van der Waals surface area (Å²) in [5.74, 6) is 0. The van der Waals surface area contributed by atoms with E-state index >= 15 is 0 Å². The van der Waals surface area contributed by atoms with Gasteiger partial charge in [0, 0.05) is 24.2 Å². The summed E-state index contributed by atoms with van der Waals surface area (Å²) in [6, 6.07) is 0. The molecule has 2 aromatic heterocycles. The Kier molecular flexibility index (Phi) is 4.39. The number of rotatable bonds is 2. The lowest BCUT2D eigenvalue weighted by molar-refractivity contribution is 1.23. The van der Waals surface area contributed by atoms with Gasteiger partial charge in [0.2, 0.25) is 0 Å². The van der Waals surface area contributed by atoms with Crippen LogP contribution in [0.2, 0.25) is 0 Å². The molecule has 0 fully saturated rings. The number of allylic oxidation sites excluding steroid dienone is 1. The number of H-pyrrole nitrogens is 1. The molecule has 17 heavy (non-hydrogen) atoms. The van der Waals surface area contributed by atoms with E-state index in [-0.39, 0.29) is 0 Å². The first-order valence-electron chi connectivity index (χ1n) is 5.49. The zero-order chi connectivity index (χ0) is 12.8. The van der Waals surface area contributed by atoms with Crippen LogP contribution in [-0.2, 0) is 0 Å². The minimum atomic E-state index is 0.560. The quantitative estimate of drug-likeness (QED) is 0.692. The number of aromatic nitrogens is 3. The van der Waals surface area contributed by atoms with Crippen molar-refractivity contribution in [2.24, 2.45) is 5.73 Å². The van der Waals surface area contributed by atoms with Crippen molar-refractivity contribution in [1.29, 1.82) is 5.41 Å². The van der Waals surface area contributed by atoms with Crippen LogP contribution < -0.4 is 5.73 Å². The van der Waals surface area contributed by atoms with Gasteiger partial charge in [-0.2, -0.15) is 0 Å². The molecule has 2 aromatic rings. The van der Waals surface area contributed by atoms with Gasteiger partial charge in [0.05, 0.1) is 11.9 Å². The van der Waals surface area contributed by atoms with Gasteiger partial charge in [0.15, 0.2) is 5.65 Å². The molecule has 2 rings (SSSR count). The first-order valence-corrected chi connectivity index (χ1v) is 5.49. The van der Waals surface area contributed by atoms with E-state index in [4.69, 9.17) is 11.1 Å². The monoisotopic (exact) mass is 231 g/mol. The minimum absolute atomic E-state index is 0.560. The molecule has 0 radical (unpaired) electrons. The molecular weight excluding hydrogens is 214 g/mol. The maximum atomic E-state index is 7.17. The Morgan fingerprint density at radius 3 is 2.76 bits per heavy atom. The second-order valence-corrected chi connectivity index (χ2v) is 3.19. The van der Waals surface area contributed by atoms with Crippen LogP contribution in [0.25, 0.3) is 16.7 Å². The largest absolute Gasteiger partial charge is 0.404 e. The standard InChI is InChI=1S/C10H11N5.C2H6/c1-6-4-13-10-9(6)15-8(5-14-10)7(2-11)3-12;1-2/h2-5,11H,12H2,1H3,(H,13,14);1-2H3/b7-3+,11-2?;. The van der Waals surface area contributed by atoms with Crippen LogP contribution in [0.5, 0.6) is 0 Å². The molecule has 0 aromatic carbocycles. The van der Waals surface area contributed by atoms with Crippen LogP contribution in [0.1, 0.15) is 25.1 Å². The molecule has 0 unspecified atom stereocenters. The van der Waals surface area contributed by atoms with E-state index < -0.39 is 0 Å². The summed E-state index contributed by atoms with van der Waals surface area (Å²) >= 11 is 0. The van der Waals surface area contributed by atoms with Crippen LogP contribution in [0.3, 0.4) is 0 Å². The Balaban J connectivity index is 0.000000686. The third-order valence-electron chi connectivity index (χ3n) is 2.20. The van der Waals surface area contributed by atoms with E-state index in [0.29, 0.717) is 11.3 Å². The van der Waals surface area contributed by atoms with Crippen molar-refractivity contribution in [2.75, 3.05) is 0 Å². The van der Waals surface area contributed by atoms with Gasteiger partial charge in [-0.3, -0.25) is 0 Å². The molecule has 0 aliphatic heterocycles. The third kappa shape index (κ3) is 2.50. The Bertz CT molecular complexity index is 539. The maximum Gasteiger partial charge on any atom is 0.156 e. The average molecular weight is 231 g/mol. The number of aromatic amines is 1. The van der Waals surface area contributed by atoms with Gasteiger partial charge in [-0.05, 0) is 12.5 Å². The minimum Gasteiger partial charge on any atom is -0.404 e. The summed E-state index contributed by atoms with van der Waals surface area (Å²) < 4.78 is 0. The summed E-state index contributed by atoms with van der Waals surface area (Å²) in [5, 5.41) is 7.17. The van der Waals surface area contributed by atoms with E-state index in [1.165, 1.54) is 6.20 Å². The highest BCUT2D eigenvalue weighted by molar-refractivity contribution is 6.07. The number of aryl methyl sites for hydroxylation is 1. The van der Waals surface area contributed by atoms with Crippen LogP contribution in [-0.4, -0.2) is 21.2 Å². The van der Waals surface area contributed by atoms with Gasteiger partial charge in [0.25, 0.3) is 0 Å². The number of hydrogen-bond acceptors (Lipinski definition) is 4. The van der Waals surface area contributed by atoms with Crippen LogP contribution >= 0.6 is 0 Å². The van der Waals surface area contributed by atoms with Crippen LogP contribution in [0.4, 0.5) is 0 Å². The normalized spacial score (nSPS) is 10.9. The Labute approximate surface area is 100 Å². The Hall–Kier alpha value is -2.17. The first kappa shape index (κ1) is 12.9. The Morgan fingerprint density at radius 2 is 2.18 bits per heavy atom. The molecule has 0 bridgehead atoms. The maximum absolute atomic E-state index is 7.17. The van der Waals surface area contributed by atoms with Crippen molar-refractivity contribution in [3.63, 3.8) is 0 Å². The molecule has 0 aliphatic carbocycles. The van der Waals surface area contributed by atoms with Crippen molar-refractivity contribution >= 4 is 23.0 Å². The SMILES string of the molecule is CC.Cc1c[nH]c2ncc(/C(C=N)=C/N)nc12. The smallest absolute Gasteiger partial charge is 0.156 e. The highest BCUT2D eigenvalue weighted by Gasteiger charge is 2.06. The van der Waals surface area contributed by atoms with E-state index in [1.807, 2.05) is 27.0 Å². The van der Waals surface area contributed by atoms with Crippen LogP contribution in [0, 0.1) is 12.3 Å². The zero-order valence-corrected chi connectivity index (χ0v) is 10.3. The number of nitrogens with one attached hydrogen (secondary N) is 2. The zero-order valence-electron chi connectivity index (χ0n) is 10.3. The predicted octanol–water partition coefficient (Wildman–Crippen LogP) is 2.24. The van der Waals surface area contributed by atoms with Gasteiger partial charge in [-0.1, -0.05) is 13.8 Å². The molecule has 5 nitrogen and oxygen atoms in total. The van der Waals surface area contributed by atoms with Crippen molar-refractivity contribution in [3.8, 4) is 0 Å². The summed E-state index contributed by atoms with van der Waals surface area (Å²) in [6.45, 7) is 5.95. The topological polar surface area (TPSA) is 91.4 Å². The van der Waals surface area contributed by atoms with Crippen molar-refractivity contribution < 1.29 is 0 Å². The lowest BCUT2D eigenvalue weighted by Crippen LogP contribution is -1.95. The fourth-order valence-electron chi connectivity index (χ4n) is 1.36. The van der Waals surface area contributed by atoms with E-state index in [9.17, 15) is 0 Å². The van der Waals surface area contributed by atoms with Gasteiger partial charge < -0.3 is 16.1 Å². The number of fused-ring (bicyclic) bond motifs is 1. The van der Waals surface area contributed by atoms with E-state index in [1.54, 1.807) is 6.20 Å². The molecule has 2 heterocycles. The molecule has 0 saturated heterocycles. The molecule has 0 saturated carbocycles. The first-order chi connectivity index (χ1) is 8.26. The van der Waals surface area contributed by atoms with Crippen LogP contribution in [0.15, 0.2) is 18.6 Å². The second kappa shape index (κ2) is 5.79. The molecule has 4 N–H and O–H groups in total. The lowest BCUT2D eigenvalue weighted by atomic mass is 10.2. The van der Waals surface area contributed by atoms with Gasteiger partial charge in [0.1, 0.15) is 5.52 Å². The van der Waals surface area contributed by atoms with Crippen molar-refractivity contribution in [1.82, 2.24) is 15.0 Å². The molecular formula is C12H17N5. The number of nitrogens with zero attached hydrogens (tertiary/aromatic N) is 2. The molecule has 90 valence electrons. The molecule has 0 amide bonds. The summed E-state index contributed by atoms with van der Waals surface area (Å²) in [7, 11) is 0. The fourth-order valence-corrected chi connectivity index (χ4v) is 1.36. The van der Waals surface area contributed by atoms with E-state index in [0.717, 1.165) is 22.9 Å². The third-order valence-corrected chi connectivity index (χ3v) is 2.20. The Morgan fingerprint density at radius 1 is 1.47 bits per heavy atom. The second-order valence-electron chi connectivity index (χ2n) is 3.19. The van der Waals surface area contributed by atoms with Gasteiger partial charge in [-0.25, -0.2) is 9.97 Å². The molecule has 0 aliphatic rings. The fraction of sp³-hybridized carbons (Fsp3) is 0.250. The number of hydrogen-bond donors (Lipinski definition) is 3.